The quantitative estimate of drug-likeness (QED) is 0.828. The summed E-state index contributed by atoms with van der Waals surface area (Å²) >= 11 is 0. The minimum atomic E-state index is -0.343. The number of carbonyl (C=O) groups is 1. The average Bonchev–Trinajstić information content (AvgIpc) is 2.71. The highest BCUT2D eigenvalue weighted by atomic mass is 16.5. The van der Waals surface area contributed by atoms with Crippen LogP contribution in [-0.2, 0) is 17.8 Å². The third-order valence-corrected chi connectivity index (χ3v) is 5.54. The Kier molecular flexibility index (Phi) is 5.13. The van der Waals surface area contributed by atoms with Crippen molar-refractivity contribution in [2.75, 3.05) is 24.6 Å². The fraction of sp³-hybridized carbons (Fsp3) is 0.500. The summed E-state index contributed by atoms with van der Waals surface area (Å²) in [5, 5.41) is 3.00. The van der Waals surface area contributed by atoms with Gasteiger partial charge in [0, 0.05) is 43.0 Å². The van der Waals surface area contributed by atoms with E-state index in [1.54, 1.807) is 6.07 Å². The van der Waals surface area contributed by atoms with Crippen LogP contribution in [0.3, 0.4) is 0 Å². The lowest BCUT2D eigenvalue weighted by atomic mass is 10.0. The van der Waals surface area contributed by atoms with E-state index >= 15 is 0 Å². The predicted octanol–water partition coefficient (Wildman–Crippen LogP) is 1.25. The second-order valence-corrected chi connectivity index (χ2v) is 7.50. The number of anilines is 1. The molecule has 0 atom stereocenters. The smallest absolute Gasteiger partial charge is 0.261 e. The normalized spacial score (nSPS) is 17.3. The first-order valence-electron chi connectivity index (χ1n) is 9.70. The topological polar surface area (TPSA) is 100 Å². The molecule has 2 N–H and O–H groups in total. The molecular weight excluding hydrogens is 358 g/mol. The van der Waals surface area contributed by atoms with Crippen molar-refractivity contribution in [2.24, 2.45) is 0 Å². The molecule has 2 aliphatic rings. The van der Waals surface area contributed by atoms with Gasteiger partial charge in [0.2, 0.25) is 5.95 Å². The van der Waals surface area contributed by atoms with Gasteiger partial charge in [0.15, 0.2) is 0 Å². The maximum Gasteiger partial charge on any atom is 0.261 e. The first-order chi connectivity index (χ1) is 13.5. The Hall–Kier alpha value is -2.74. The standard InChI is InChI=1S/C20H25N5O3/c1-12-9-16(18(26)22-13(12)2)19(27)23-15-3-6-25(7-4-15)20-21-10-14-11-28-8-5-17(14)24-20/h9-10,15H,3-8,11H2,1-2H3,(H,22,26)(H,23,27). The third kappa shape index (κ3) is 3.77. The number of nitrogens with one attached hydrogen (secondary N) is 2. The van der Waals surface area contributed by atoms with E-state index in [4.69, 9.17) is 9.72 Å². The van der Waals surface area contributed by atoms with Crippen molar-refractivity contribution in [3.8, 4) is 0 Å². The molecular formula is C20H25N5O3. The van der Waals surface area contributed by atoms with E-state index in [-0.39, 0.29) is 23.1 Å². The molecule has 0 saturated carbocycles. The second kappa shape index (κ2) is 7.71. The van der Waals surface area contributed by atoms with Crippen LogP contribution in [0.4, 0.5) is 5.95 Å². The SMILES string of the molecule is Cc1cc(C(=O)NC2CCN(c3ncc4c(n3)CCOC4)CC2)c(=O)[nH]c1C. The van der Waals surface area contributed by atoms with E-state index in [9.17, 15) is 9.59 Å². The van der Waals surface area contributed by atoms with Crippen molar-refractivity contribution in [1.29, 1.82) is 0 Å². The highest BCUT2D eigenvalue weighted by molar-refractivity contribution is 5.94. The number of amides is 1. The predicted molar refractivity (Wildman–Crippen MR) is 105 cm³/mol. The van der Waals surface area contributed by atoms with Gasteiger partial charge in [-0.3, -0.25) is 9.59 Å². The Bertz CT molecular complexity index is 947. The first kappa shape index (κ1) is 18.6. The van der Waals surface area contributed by atoms with Crippen molar-refractivity contribution in [2.45, 2.75) is 45.8 Å². The number of nitrogens with zero attached hydrogens (tertiary/aromatic N) is 3. The van der Waals surface area contributed by atoms with Gasteiger partial charge in [-0.25, -0.2) is 9.97 Å². The minimum absolute atomic E-state index is 0.0378. The summed E-state index contributed by atoms with van der Waals surface area (Å²) in [6.45, 7) is 6.53. The molecule has 4 heterocycles. The number of carbonyl (C=O) groups excluding carboxylic acids is 1. The van der Waals surface area contributed by atoms with Crippen LogP contribution in [0.1, 0.15) is 45.7 Å². The van der Waals surface area contributed by atoms with Crippen LogP contribution in [0, 0.1) is 13.8 Å². The van der Waals surface area contributed by atoms with Crippen molar-refractivity contribution in [3.05, 3.63) is 50.7 Å². The van der Waals surface area contributed by atoms with Crippen molar-refractivity contribution < 1.29 is 9.53 Å². The maximum absolute atomic E-state index is 12.5. The number of aromatic nitrogens is 3. The van der Waals surface area contributed by atoms with Gasteiger partial charge in [0.05, 0.1) is 18.9 Å². The molecule has 0 aliphatic carbocycles. The number of piperidine rings is 1. The zero-order valence-corrected chi connectivity index (χ0v) is 16.2. The lowest BCUT2D eigenvalue weighted by molar-refractivity contribution is 0.0929. The highest BCUT2D eigenvalue weighted by Gasteiger charge is 2.24. The molecule has 0 bridgehead atoms. The van der Waals surface area contributed by atoms with Crippen LogP contribution in [0.15, 0.2) is 17.1 Å². The summed E-state index contributed by atoms with van der Waals surface area (Å²) in [4.78, 5) is 38.7. The first-order valence-corrected chi connectivity index (χ1v) is 9.70. The Labute approximate surface area is 163 Å². The Morgan fingerprint density at radius 3 is 2.89 bits per heavy atom. The summed E-state index contributed by atoms with van der Waals surface area (Å²) in [7, 11) is 0. The number of aromatic amines is 1. The van der Waals surface area contributed by atoms with Gasteiger partial charge >= 0.3 is 0 Å². The third-order valence-electron chi connectivity index (χ3n) is 5.54. The summed E-state index contributed by atoms with van der Waals surface area (Å²) in [5.74, 6) is 0.434. The second-order valence-electron chi connectivity index (χ2n) is 7.50. The molecule has 1 fully saturated rings. The van der Waals surface area contributed by atoms with Crippen LogP contribution in [0.25, 0.3) is 0 Å². The Morgan fingerprint density at radius 1 is 1.32 bits per heavy atom. The summed E-state index contributed by atoms with van der Waals surface area (Å²) < 4.78 is 5.43. The minimum Gasteiger partial charge on any atom is -0.376 e. The molecule has 2 aromatic heterocycles. The van der Waals surface area contributed by atoms with E-state index in [1.807, 2.05) is 20.0 Å². The maximum atomic E-state index is 12.5. The Balaban J connectivity index is 1.37. The lowest BCUT2D eigenvalue weighted by Gasteiger charge is -2.32. The number of hydrogen-bond donors (Lipinski definition) is 2. The number of H-pyrrole nitrogens is 1. The molecule has 148 valence electrons. The summed E-state index contributed by atoms with van der Waals surface area (Å²) in [5.41, 5.74) is 3.65. The molecule has 28 heavy (non-hydrogen) atoms. The molecule has 2 aliphatic heterocycles. The van der Waals surface area contributed by atoms with E-state index in [0.29, 0.717) is 13.2 Å². The average molecular weight is 383 g/mol. The van der Waals surface area contributed by atoms with Gasteiger partial charge in [-0.05, 0) is 38.3 Å². The van der Waals surface area contributed by atoms with Crippen molar-refractivity contribution in [1.82, 2.24) is 20.3 Å². The van der Waals surface area contributed by atoms with Gasteiger partial charge in [0.1, 0.15) is 5.56 Å². The van der Waals surface area contributed by atoms with Crippen LogP contribution in [0.5, 0.6) is 0 Å². The number of fused-ring (bicyclic) bond motifs is 1. The van der Waals surface area contributed by atoms with Gasteiger partial charge < -0.3 is 19.9 Å². The van der Waals surface area contributed by atoms with Crippen molar-refractivity contribution >= 4 is 11.9 Å². The molecule has 0 spiro atoms. The largest absolute Gasteiger partial charge is 0.376 e. The number of rotatable bonds is 3. The molecule has 1 amide bonds. The monoisotopic (exact) mass is 383 g/mol. The van der Waals surface area contributed by atoms with Crippen LogP contribution >= 0.6 is 0 Å². The van der Waals surface area contributed by atoms with E-state index in [1.165, 1.54) is 0 Å². The van der Waals surface area contributed by atoms with Crippen molar-refractivity contribution in [3.63, 3.8) is 0 Å². The zero-order valence-electron chi connectivity index (χ0n) is 16.2. The molecule has 0 aromatic carbocycles. The number of hydrogen-bond acceptors (Lipinski definition) is 6. The van der Waals surface area contributed by atoms with Gasteiger partial charge in [0.25, 0.3) is 11.5 Å². The molecule has 0 radical (unpaired) electrons. The molecule has 2 aromatic rings. The van der Waals surface area contributed by atoms with Gasteiger partial charge in [-0.2, -0.15) is 0 Å². The molecule has 0 unspecified atom stereocenters. The number of pyridine rings is 1. The van der Waals surface area contributed by atoms with Crippen LogP contribution < -0.4 is 15.8 Å². The lowest BCUT2D eigenvalue weighted by Crippen LogP contribution is -2.46. The summed E-state index contributed by atoms with van der Waals surface area (Å²) in [6, 6.07) is 1.69. The summed E-state index contributed by atoms with van der Waals surface area (Å²) in [6.07, 6.45) is 4.26. The fourth-order valence-electron chi connectivity index (χ4n) is 3.65. The number of aryl methyl sites for hydroxylation is 2. The van der Waals surface area contributed by atoms with E-state index in [2.05, 4.69) is 20.2 Å². The molecule has 8 nitrogen and oxygen atoms in total. The van der Waals surface area contributed by atoms with Crippen LogP contribution in [0.2, 0.25) is 0 Å². The zero-order chi connectivity index (χ0) is 19.7. The molecule has 1 saturated heterocycles. The van der Waals surface area contributed by atoms with E-state index in [0.717, 1.165) is 60.8 Å². The van der Waals surface area contributed by atoms with Gasteiger partial charge in [-0.15, -0.1) is 0 Å². The molecule has 8 heteroatoms. The Morgan fingerprint density at radius 2 is 2.11 bits per heavy atom. The fourth-order valence-corrected chi connectivity index (χ4v) is 3.65. The van der Waals surface area contributed by atoms with E-state index < -0.39 is 0 Å². The highest BCUT2D eigenvalue weighted by Crippen LogP contribution is 2.20. The van der Waals surface area contributed by atoms with Gasteiger partial charge in [-0.1, -0.05) is 0 Å². The number of ether oxygens (including phenoxy) is 1. The van der Waals surface area contributed by atoms with Crippen LogP contribution in [-0.4, -0.2) is 46.6 Å². The molecule has 4 rings (SSSR count).